The van der Waals surface area contributed by atoms with Crippen molar-refractivity contribution in [2.75, 3.05) is 0 Å². The number of hydrogen-bond donors (Lipinski definition) is 2. The lowest BCUT2D eigenvalue weighted by atomic mass is 9.93. The molecule has 4 nitrogen and oxygen atoms in total. The van der Waals surface area contributed by atoms with Crippen molar-refractivity contribution in [3.63, 3.8) is 0 Å². The number of carbonyl (C=O) groups excluding carboxylic acids is 1. The number of halogens is 5. The second-order valence-electron chi connectivity index (χ2n) is 9.40. The molecule has 0 aromatic heterocycles. The second-order valence-corrected chi connectivity index (χ2v) is 9.83. The first-order valence-electron chi connectivity index (χ1n) is 12.4. The van der Waals surface area contributed by atoms with Crippen LogP contribution in [-0.2, 0) is 19.3 Å². The first-order valence-corrected chi connectivity index (χ1v) is 12.8. The van der Waals surface area contributed by atoms with Crippen LogP contribution in [0, 0.1) is 0 Å². The first-order chi connectivity index (χ1) is 18.1. The highest BCUT2D eigenvalue weighted by atomic mass is 35.5. The molecule has 2 N–H and O–H groups in total. The Morgan fingerprint density at radius 3 is 2.45 bits per heavy atom. The number of aliphatic hydroxyl groups is 1. The van der Waals surface area contributed by atoms with Gasteiger partial charge < -0.3 is 15.2 Å². The Labute approximate surface area is 223 Å². The van der Waals surface area contributed by atoms with Gasteiger partial charge in [-0.1, -0.05) is 54.4 Å². The number of ether oxygens (including phenoxy) is 1. The summed E-state index contributed by atoms with van der Waals surface area (Å²) in [5, 5.41) is 14.6. The van der Waals surface area contributed by atoms with Gasteiger partial charge in [0, 0.05) is 10.6 Å². The maximum absolute atomic E-state index is 13.5. The molecule has 1 aliphatic carbocycles. The number of benzene rings is 3. The summed E-state index contributed by atoms with van der Waals surface area (Å²) in [4.78, 5) is 13.5. The van der Waals surface area contributed by atoms with Gasteiger partial charge in [-0.3, -0.25) is 4.79 Å². The molecule has 4 rings (SSSR count). The van der Waals surface area contributed by atoms with Gasteiger partial charge in [0.05, 0.1) is 12.1 Å². The Morgan fingerprint density at radius 2 is 1.71 bits per heavy atom. The number of aliphatic hydroxyl groups excluding tert-OH is 1. The standard InChI is InChI=1S/C29H28ClF4NO3/c30-21-14-12-20(13-15-21)26(36)25(17-18-6-4-9-22(16-18)38-29(33,34)28(31)32)35-27(37)24-11-5-8-19-7-2-1-3-10-23(19)24/h4-6,8-9,11-16,25-26,28,36H,1-3,7,10,17H2,(H,35,37). The first kappa shape index (κ1) is 27.9. The van der Waals surface area contributed by atoms with Crippen molar-refractivity contribution in [3.05, 3.63) is 99.6 Å². The monoisotopic (exact) mass is 549 g/mol. The van der Waals surface area contributed by atoms with Crippen LogP contribution in [0.2, 0.25) is 5.02 Å². The van der Waals surface area contributed by atoms with Crippen molar-refractivity contribution in [3.8, 4) is 5.75 Å². The molecule has 38 heavy (non-hydrogen) atoms. The van der Waals surface area contributed by atoms with Crippen LogP contribution in [0.15, 0.2) is 66.7 Å². The maximum atomic E-state index is 13.5. The van der Waals surface area contributed by atoms with E-state index in [0.29, 0.717) is 21.7 Å². The van der Waals surface area contributed by atoms with Crippen molar-refractivity contribution in [1.29, 1.82) is 0 Å². The van der Waals surface area contributed by atoms with Crippen LogP contribution >= 0.6 is 11.6 Å². The second kappa shape index (κ2) is 12.2. The largest absolute Gasteiger partial charge is 0.461 e. The van der Waals surface area contributed by atoms with Crippen LogP contribution in [0.25, 0.3) is 0 Å². The van der Waals surface area contributed by atoms with E-state index in [9.17, 15) is 27.5 Å². The van der Waals surface area contributed by atoms with E-state index >= 15 is 0 Å². The van der Waals surface area contributed by atoms with Gasteiger partial charge >= 0.3 is 12.5 Å². The highest BCUT2D eigenvalue weighted by Crippen LogP contribution is 2.30. The number of amides is 1. The van der Waals surface area contributed by atoms with Crippen molar-refractivity contribution in [2.45, 2.75) is 63.2 Å². The predicted molar refractivity (Wildman–Crippen MR) is 137 cm³/mol. The molecule has 0 aliphatic heterocycles. The minimum absolute atomic E-state index is 0.0159. The van der Waals surface area contributed by atoms with Crippen LogP contribution in [0.5, 0.6) is 5.75 Å². The molecule has 0 radical (unpaired) electrons. The minimum Gasteiger partial charge on any atom is -0.428 e. The smallest absolute Gasteiger partial charge is 0.428 e. The van der Waals surface area contributed by atoms with E-state index in [1.54, 1.807) is 36.4 Å². The van der Waals surface area contributed by atoms with E-state index in [1.165, 1.54) is 12.1 Å². The molecule has 3 aromatic carbocycles. The van der Waals surface area contributed by atoms with Crippen molar-refractivity contribution >= 4 is 17.5 Å². The lowest BCUT2D eigenvalue weighted by Crippen LogP contribution is -2.41. The van der Waals surface area contributed by atoms with Crippen LogP contribution < -0.4 is 10.1 Å². The molecule has 0 saturated heterocycles. The Balaban J connectivity index is 1.62. The average Bonchev–Trinajstić information content (AvgIpc) is 3.14. The fourth-order valence-electron chi connectivity index (χ4n) is 4.74. The van der Waals surface area contributed by atoms with E-state index in [1.807, 2.05) is 12.1 Å². The molecule has 0 fully saturated rings. The quantitative estimate of drug-likeness (QED) is 0.225. The van der Waals surface area contributed by atoms with E-state index in [2.05, 4.69) is 10.1 Å². The number of nitrogens with one attached hydrogen (secondary N) is 1. The van der Waals surface area contributed by atoms with Gasteiger partial charge in [0.25, 0.3) is 5.91 Å². The summed E-state index contributed by atoms with van der Waals surface area (Å²) in [6.07, 6.45) is -5.02. The van der Waals surface area contributed by atoms with E-state index in [0.717, 1.165) is 49.3 Å². The van der Waals surface area contributed by atoms with Crippen LogP contribution in [-0.4, -0.2) is 29.6 Å². The Morgan fingerprint density at radius 1 is 1.00 bits per heavy atom. The molecule has 0 spiro atoms. The van der Waals surface area contributed by atoms with Crippen molar-refractivity contribution in [2.24, 2.45) is 0 Å². The lowest BCUT2D eigenvalue weighted by molar-refractivity contribution is -0.253. The third kappa shape index (κ3) is 6.85. The highest BCUT2D eigenvalue weighted by Gasteiger charge is 2.44. The van der Waals surface area contributed by atoms with E-state index < -0.39 is 30.4 Å². The zero-order chi connectivity index (χ0) is 27.3. The average molecular weight is 550 g/mol. The number of fused-ring (bicyclic) bond motifs is 1. The van der Waals surface area contributed by atoms with Crippen molar-refractivity contribution in [1.82, 2.24) is 5.32 Å². The molecular formula is C29H28ClF4NO3. The van der Waals surface area contributed by atoms with Gasteiger partial charge in [0.2, 0.25) is 0 Å². The molecule has 1 amide bonds. The highest BCUT2D eigenvalue weighted by molar-refractivity contribution is 6.30. The third-order valence-corrected chi connectivity index (χ3v) is 6.91. The van der Waals surface area contributed by atoms with Crippen LogP contribution in [0.4, 0.5) is 17.6 Å². The summed E-state index contributed by atoms with van der Waals surface area (Å²) >= 11 is 5.98. The summed E-state index contributed by atoms with van der Waals surface area (Å²) in [5.41, 5.74) is 3.55. The maximum Gasteiger partial charge on any atom is 0.461 e. The number of aryl methyl sites for hydroxylation is 1. The lowest BCUT2D eigenvalue weighted by Gasteiger charge is -2.26. The molecule has 3 aromatic rings. The van der Waals surface area contributed by atoms with E-state index in [4.69, 9.17) is 11.6 Å². The fourth-order valence-corrected chi connectivity index (χ4v) is 4.87. The fraction of sp³-hybridized carbons (Fsp3) is 0.345. The minimum atomic E-state index is -4.65. The molecular weight excluding hydrogens is 522 g/mol. The summed E-state index contributed by atoms with van der Waals surface area (Å²) in [7, 11) is 0. The Hall–Kier alpha value is -3.10. The molecule has 1 aliphatic rings. The van der Waals surface area contributed by atoms with Gasteiger partial charge in [0.1, 0.15) is 5.75 Å². The Bertz CT molecular complexity index is 1250. The predicted octanol–water partition coefficient (Wildman–Crippen LogP) is 6.92. The molecule has 2 atom stereocenters. The number of alkyl halides is 4. The molecule has 0 saturated carbocycles. The molecule has 0 bridgehead atoms. The normalized spacial score (nSPS) is 15.3. The number of hydrogen-bond acceptors (Lipinski definition) is 3. The summed E-state index contributed by atoms with van der Waals surface area (Å²) in [6, 6.07) is 16.5. The zero-order valence-electron chi connectivity index (χ0n) is 20.5. The number of rotatable bonds is 9. The van der Waals surface area contributed by atoms with Gasteiger partial charge in [-0.2, -0.15) is 17.6 Å². The number of carbonyl (C=O) groups is 1. The van der Waals surface area contributed by atoms with Crippen LogP contribution in [0.3, 0.4) is 0 Å². The molecule has 9 heteroatoms. The summed E-state index contributed by atoms with van der Waals surface area (Å²) in [5.74, 6) is -0.814. The summed E-state index contributed by atoms with van der Waals surface area (Å²) in [6.45, 7) is 0. The van der Waals surface area contributed by atoms with Gasteiger partial charge in [-0.15, -0.1) is 0 Å². The molecule has 202 valence electrons. The molecule has 2 unspecified atom stereocenters. The molecule has 0 heterocycles. The van der Waals surface area contributed by atoms with E-state index in [-0.39, 0.29) is 12.3 Å². The SMILES string of the molecule is O=C(NC(Cc1cccc(OC(F)(F)C(F)F)c1)C(O)c1ccc(Cl)cc1)c1cccc2c1CCCCC2. The zero-order valence-corrected chi connectivity index (χ0v) is 21.2. The van der Waals surface area contributed by atoms with Gasteiger partial charge in [0.15, 0.2) is 0 Å². The topological polar surface area (TPSA) is 58.6 Å². The van der Waals surface area contributed by atoms with Gasteiger partial charge in [-0.25, -0.2) is 0 Å². The Kier molecular flexibility index (Phi) is 8.95. The third-order valence-electron chi connectivity index (χ3n) is 6.66. The summed E-state index contributed by atoms with van der Waals surface area (Å²) < 4.78 is 56.4. The van der Waals surface area contributed by atoms with Gasteiger partial charge in [-0.05, 0) is 84.7 Å². The van der Waals surface area contributed by atoms with Crippen LogP contribution in [0.1, 0.15) is 58.0 Å². The van der Waals surface area contributed by atoms with Crippen molar-refractivity contribution < 1.29 is 32.2 Å².